The van der Waals surface area contributed by atoms with E-state index in [4.69, 9.17) is 23.8 Å². The van der Waals surface area contributed by atoms with Crippen molar-refractivity contribution < 1.29 is 42.3 Å². The van der Waals surface area contributed by atoms with Crippen molar-refractivity contribution in [3.63, 3.8) is 0 Å². The second-order valence-corrected chi connectivity index (χ2v) is 7.08. The minimum Gasteiger partial charge on any atom is -0.756 e. The molecule has 1 fully saturated rings. The molecule has 0 aromatic carbocycles. The Morgan fingerprint density at radius 1 is 1.25 bits per heavy atom. The van der Waals surface area contributed by atoms with E-state index in [-0.39, 0.29) is 0 Å². The molecule has 1 aliphatic rings. The topological polar surface area (TPSA) is 135 Å². The molecule has 1 saturated heterocycles. The number of phosphoric acid groups is 1. The van der Waals surface area contributed by atoms with Gasteiger partial charge in [0, 0.05) is 20.0 Å². The maximum atomic E-state index is 11.4. The Labute approximate surface area is 116 Å². The van der Waals surface area contributed by atoms with Crippen molar-refractivity contribution in [1.82, 2.24) is 0 Å². The molecule has 2 N–H and O–H groups in total. The second kappa shape index (κ2) is 6.79. The molecule has 0 aromatic rings. The lowest BCUT2D eigenvalue weighted by Gasteiger charge is -2.28. The van der Waals surface area contributed by atoms with Crippen molar-refractivity contribution in [2.45, 2.75) is 31.3 Å². The van der Waals surface area contributed by atoms with Crippen LogP contribution in [0.3, 0.4) is 0 Å². The van der Waals surface area contributed by atoms with Crippen molar-refractivity contribution in [2.24, 2.45) is 0 Å². The first-order valence-electron chi connectivity index (χ1n) is 5.57. The van der Waals surface area contributed by atoms with Crippen molar-refractivity contribution in [3.05, 3.63) is 11.9 Å². The van der Waals surface area contributed by atoms with Gasteiger partial charge in [0.05, 0.1) is 6.10 Å². The largest absolute Gasteiger partial charge is 0.756 e. The number of phosphoric ester groups is 1. The fraction of sp³-hybridized carbons (Fsp3) is 0.778. The zero-order chi connectivity index (χ0) is 15.6. The first-order chi connectivity index (χ1) is 9.09. The molecule has 2 unspecified atom stereocenters. The number of hydrogen-bond acceptors (Lipinski definition) is 7. The molecule has 0 amide bonds. The molecule has 1 heterocycles. The van der Waals surface area contributed by atoms with Crippen LogP contribution in [0.4, 0.5) is 0 Å². The van der Waals surface area contributed by atoms with E-state index in [0.29, 0.717) is 5.82 Å². The molecule has 11 heteroatoms. The zero-order valence-electron chi connectivity index (χ0n) is 11.1. The summed E-state index contributed by atoms with van der Waals surface area (Å²) in [6, 6.07) is 0. The van der Waals surface area contributed by atoms with Crippen LogP contribution >= 0.6 is 15.4 Å². The van der Waals surface area contributed by atoms with Crippen molar-refractivity contribution in [3.8, 4) is 0 Å². The van der Waals surface area contributed by atoms with Gasteiger partial charge in [-0.05, 0) is 13.0 Å². The third-order valence-corrected chi connectivity index (χ3v) is 4.21. The Bertz CT molecular complexity index is 445. The Hall–Kier alpha value is -0.0800. The summed E-state index contributed by atoms with van der Waals surface area (Å²) in [7, 11) is -6.64. The third-order valence-electron chi connectivity index (χ3n) is 2.70. The molecule has 1 rings (SSSR count). The molecule has 0 aliphatic carbocycles. The molecule has 5 atom stereocenters. The van der Waals surface area contributed by atoms with Gasteiger partial charge in [-0.2, -0.15) is 0 Å². The van der Waals surface area contributed by atoms with Gasteiger partial charge in [-0.15, -0.1) is 0 Å². The molecular formula is C9H17O9P2-. The maximum absolute atomic E-state index is 11.4. The van der Waals surface area contributed by atoms with Gasteiger partial charge in [-0.3, -0.25) is 9.13 Å². The van der Waals surface area contributed by atoms with E-state index in [9.17, 15) is 14.0 Å². The summed E-state index contributed by atoms with van der Waals surface area (Å²) in [5.41, 5.74) is 0. The van der Waals surface area contributed by atoms with Crippen LogP contribution in [0.15, 0.2) is 11.9 Å². The molecule has 0 aromatic heterocycles. The monoisotopic (exact) mass is 331 g/mol. The van der Waals surface area contributed by atoms with E-state index in [1.807, 2.05) is 0 Å². The fourth-order valence-electron chi connectivity index (χ4n) is 1.85. The number of rotatable bonds is 6. The third kappa shape index (κ3) is 5.04. The Morgan fingerprint density at radius 2 is 1.85 bits per heavy atom. The second-order valence-electron chi connectivity index (χ2n) is 4.14. The van der Waals surface area contributed by atoms with E-state index in [1.54, 1.807) is 6.92 Å². The smallest absolute Gasteiger partial charge is 0.348 e. The molecule has 9 nitrogen and oxygen atoms in total. The normalized spacial score (nSPS) is 34.5. The summed E-state index contributed by atoms with van der Waals surface area (Å²) in [5.74, 6) is 0.626. The van der Waals surface area contributed by atoms with Crippen LogP contribution in [0.1, 0.15) is 6.92 Å². The lowest BCUT2D eigenvalue weighted by atomic mass is 10.1. The number of ether oxygens (including phenoxy) is 2. The van der Waals surface area contributed by atoms with Gasteiger partial charge in [-0.25, -0.2) is 0 Å². The molecular weight excluding hydrogens is 314 g/mol. The van der Waals surface area contributed by atoms with Gasteiger partial charge in [0.1, 0.15) is 18.3 Å². The fourth-order valence-corrected chi connectivity index (χ4v) is 2.86. The highest BCUT2D eigenvalue weighted by atomic mass is 31.2. The molecule has 1 aliphatic heterocycles. The van der Waals surface area contributed by atoms with Crippen LogP contribution in [0.5, 0.6) is 0 Å². The standard InChI is InChI=1S/C9H18O9P2/c1-6-8(15-2)9(18-20(13,14)16-3)7(17-6)4-5-19(10,11)12/h4-9H,1-3H3,(H,13,14)(H2,10,11,12)/p-1/b5-4+/t6-,7+,8+,9?/m0/s1. The summed E-state index contributed by atoms with van der Waals surface area (Å²) in [5, 5.41) is 0. The van der Waals surface area contributed by atoms with E-state index >= 15 is 0 Å². The van der Waals surface area contributed by atoms with E-state index < -0.39 is 39.8 Å². The van der Waals surface area contributed by atoms with E-state index in [1.165, 1.54) is 7.11 Å². The number of hydrogen-bond donors (Lipinski definition) is 2. The molecule has 20 heavy (non-hydrogen) atoms. The first-order valence-corrected chi connectivity index (χ1v) is 8.72. The molecule has 118 valence electrons. The lowest BCUT2D eigenvalue weighted by Crippen LogP contribution is -2.36. The predicted molar refractivity (Wildman–Crippen MR) is 65.8 cm³/mol. The van der Waals surface area contributed by atoms with Gasteiger partial charge in [0.15, 0.2) is 0 Å². The average molecular weight is 331 g/mol. The number of methoxy groups -OCH3 is 1. The Morgan fingerprint density at radius 3 is 2.30 bits per heavy atom. The first kappa shape index (κ1) is 18.0. The van der Waals surface area contributed by atoms with Gasteiger partial charge in [-0.1, -0.05) is 0 Å². The highest BCUT2D eigenvalue weighted by molar-refractivity contribution is 7.55. The van der Waals surface area contributed by atoms with Crippen LogP contribution in [-0.2, 0) is 27.7 Å². The van der Waals surface area contributed by atoms with Gasteiger partial charge in [0.25, 0.3) is 7.82 Å². The van der Waals surface area contributed by atoms with Crippen molar-refractivity contribution in [1.29, 1.82) is 0 Å². The van der Waals surface area contributed by atoms with Crippen molar-refractivity contribution >= 4 is 15.4 Å². The van der Waals surface area contributed by atoms with Gasteiger partial charge in [0.2, 0.25) is 0 Å². The minimum atomic E-state index is -4.54. The predicted octanol–water partition coefficient (Wildman–Crippen LogP) is -0.0199. The Balaban J connectivity index is 2.94. The summed E-state index contributed by atoms with van der Waals surface area (Å²) >= 11 is 0. The quantitative estimate of drug-likeness (QED) is 0.644. The highest BCUT2D eigenvalue weighted by Gasteiger charge is 2.44. The van der Waals surface area contributed by atoms with Crippen LogP contribution in [-0.4, -0.2) is 48.4 Å². The highest BCUT2D eigenvalue weighted by Crippen LogP contribution is 2.44. The maximum Gasteiger partial charge on any atom is 0.348 e. The van der Waals surface area contributed by atoms with Crippen LogP contribution in [0, 0.1) is 0 Å². The van der Waals surface area contributed by atoms with Crippen LogP contribution in [0.2, 0.25) is 0 Å². The van der Waals surface area contributed by atoms with E-state index in [0.717, 1.165) is 13.2 Å². The molecule has 0 spiro atoms. The molecule has 0 bridgehead atoms. The van der Waals surface area contributed by atoms with Crippen LogP contribution < -0.4 is 4.89 Å². The molecule has 0 saturated carbocycles. The van der Waals surface area contributed by atoms with Gasteiger partial charge >= 0.3 is 7.60 Å². The van der Waals surface area contributed by atoms with E-state index in [2.05, 4.69) is 4.52 Å². The van der Waals surface area contributed by atoms with Gasteiger partial charge < -0.3 is 33.2 Å². The molecule has 0 radical (unpaired) electrons. The zero-order valence-corrected chi connectivity index (χ0v) is 12.9. The Kier molecular flexibility index (Phi) is 6.10. The van der Waals surface area contributed by atoms with Crippen LogP contribution in [0.25, 0.3) is 0 Å². The summed E-state index contributed by atoms with van der Waals surface area (Å²) in [6.07, 6.45) is -2.27. The summed E-state index contributed by atoms with van der Waals surface area (Å²) in [4.78, 5) is 28.9. The summed E-state index contributed by atoms with van der Waals surface area (Å²) < 4.78 is 41.7. The van der Waals surface area contributed by atoms with Crippen molar-refractivity contribution in [2.75, 3.05) is 14.2 Å². The lowest BCUT2D eigenvalue weighted by molar-refractivity contribution is -0.230. The average Bonchev–Trinajstić information content (AvgIpc) is 2.61. The minimum absolute atomic E-state index is 0.520. The SMILES string of the molecule is CO[C@H]1C(OP(=O)([O-])OC)[C@@H](/C=C/P(=O)(O)O)O[C@H]1C. The summed E-state index contributed by atoms with van der Waals surface area (Å²) in [6.45, 7) is 1.62.